The van der Waals surface area contributed by atoms with Crippen molar-refractivity contribution in [2.45, 2.75) is 70.5 Å². The van der Waals surface area contributed by atoms with E-state index in [0.717, 1.165) is 12.8 Å². The fourth-order valence-electron chi connectivity index (χ4n) is 2.39. The number of nitrogens with zero attached hydrogens (tertiary/aromatic N) is 1. The van der Waals surface area contributed by atoms with Gasteiger partial charge in [-0.05, 0) is 20.5 Å². The Kier molecular flexibility index (Phi) is 13.7. The molecule has 0 amide bonds. The summed E-state index contributed by atoms with van der Waals surface area (Å²) in [5.74, 6) is 0. The van der Waals surface area contributed by atoms with Crippen molar-refractivity contribution < 1.29 is 14.9 Å². The molecule has 4 nitrogen and oxygen atoms in total. The summed E-state index contributed by atoms with van der Waals surface area (Å²) in [7, 11) is 3.89. The molecule has 0 rings (SSSR count). The molecule has 2 atom stereocenters. The second-order valence-corrected chi connectivity index (χ2v) is 5.87. The number of likely N-dealkylation sites (N-methyl/N-ethyl adjacent to an activating group) is 1. The molecule has 0 bridgehead atoms. The largest absolute Gasteiger partial charge is 0.394 e. The van der Waals surface area contributed by atoms with Crippen molar-refractivity contribution in [1.82, 2.24) is 4.90 Å². The van der Waals surface area contributed by atoms with Crippen LogP contribution in [0, 0.1) is 0 Å². The summed E-state index contributed by atoms with van der Waals surface area (Å²) in [5.41, 5.74) is 0. The van der Waals surface area contributed by atoms with Crippen LogP contribution in [0.15, 0.2) is 0 Å². The van der Waals surface area contributed by atoms with E-state index >= 15 is 0 Å². The SMILES string of the molecule is CCCCCCCCCC(OCCO)C(O)CN(C)C. The first-order valence-electron chi connectivity index (χ1n) is 8.17. The number of hydrogen-bond acceptors (Lipinski definition) is 4. The lowest BCUT2D eigenvalue weighted by atomic mass is 10.0. The van der Waals surface area contributed by atoms with Crippen molar-refractivity contribution in [3.63, 3.8) is 0 Å². The molecule has 2 N–H and O–H groups in total. The van der Waals surface area contributed by atoms with Gasteiger partial charge in [-0.25, -0.2) is 0 Å². The van der Waals surface area contributed by atoms with E-state index in [0.29, 0.717) is 13.2 Å². The highest BCUT2D eigenvalue weighted by Crippen LogP contribution is 2.14. The molecule has 0 saturated carbocycles. The minimum absolute atomic E-state index is 0.0161. The lowest BCUT2D eigenvalue weighted by Gasteiger charge is -2.25. The van der Waals surface area contributed by atoms with Gasteiger partial charge in [0.25, 0.3) is 0 Å². The number of ether oxygens (including phenoxy) is 1. The lowest BCUT2D eigenvalue weighted by molar-refractivity contribution is -0.0587. The molecule has 0 aromatic heterocycles. The minimum Gasteiger partial charge on any atom is -0.394 e. The first-order chi connectivity index (χ1) is 9.61. The van der Waals surface area contributed by atoms with Crippen LogP contribution < -0.4 is 0 Å². The number of hydrogen-bond donors (Lipinski definition) is 2. The maximum atomic E-state index is 10.1. The summed E-state index contributed by atoms with van der Waals surface area (Å²) in [5, 5.41) is 19.0. The Bertz CT molecular complexity index is 200. The highest BCUT2D eigenvalue weighted by atomic mass is 16.5. The van der Waals surface area contributed by atoms with Crippen molar-refractivity contribution in [3.8, 4) is 0 Å². The third-order valence-corrected chi connectivity index (χ3v) is 3.50. The summed E-state index contributed by atoms with van der Waals surface area (Å²) in [6.07, 6.45) is 9.10. The van der Waals surface area contributed by atoms with Crippen molar-refractivity contribution >= 4 is 0 Å². The van der Waals surface area contributed by atoms with Gasteiger partial charge in [0.2, 0.25) is 0 Å². The number of aliphatic hydroxyl groups excluding tert-OH is 2. The Hall–Kier alpha value is -0.160. The van der Waals surface area contributed by atoms with Crippen LogP contribution in [-0.4, -0.2) is 61.2 Å². The molecule has 0 saturated heterocycles. The van der Waals surface area contributed by atoms with Gasteiger partial charge in [0.05, 0.1) is 25.4 Å². The molecule has 0 aliphatic carbocycles. The normalized spacial score (nSPS) is 14.7. The molecule has 4 heteroatoms. The monoisotopic (exact) mass is 289 g/mol. The predicted octanol–water partition coefficient (Wildman–Crippen LogP) is 2.43. The summed E-state index contributed by atoms with van der Waals surface area (Å²) >= 11 is 0. The van der Waals surface area contributed by atoms with Crippen LogP contribution in [0.4, 0.5) is 0 Å². The van der Waals surface area contributed by atoms with Crippen LogP contribution in [0.25, 0.3) is 0 Å². The number of aliphatic hydroxyl groups is 2. The van der Waals surface area contributed by atoms with E-state index in [1.165, 1.54) is 38.5 Å². The van der Waals surface area contributed by atoms with Crippen molar-refractivity contribution in [2.24, 2.45) is 0 Å². The Morgan fingerprint density at radius 1 is 1.00 bits per heavy atom. The highest BCUT2D eigenvalue weighted by molar-refractivity contribution is 4.71. The zero-order valence-electron chi connectivity index (χ0n) is 13.7. The zero-order chi connectivity index (χ0) is 15.2. The van der Waals surface area contributed by atoms with Gasteiger partial charge in [0.15, 0.2) is 0 Å². The van der Waals surface area contributed by atoms with Gasteiger partial charge >= 0.3 is 0 Å². The van der Waals surface area contributed by atoms with Gasteiger partial charge in [-0.3, -0.25) is 0 Å². The Morgan fingerprint density at radius 2 is 1.60 bits per heavy atom. The third-order valence-electron chi connectivity index (χ3n) is 3.50. The molecular formula is C16H35NO3. The lowest BCUT2D eigenvalue weighted by Crippen LogP contribution is -2.38. The molecule has 0 heterocycles. The summed E-state index contributed by atoms with van der Waals surface area (Å²) in [6, 6.07) is 0. The zero-order valence-corrected chi connectivity index (χ0v) is 13.7. The standard InChI is InChI=1S/C16H35NO3/c1-4-5-6-7-8-9-10-11-16(20-13-12-18)15(19)14-17(2)3/h15-16,18-19H,4-14H2,1-3H3. The van der Waals surface area contributed by atoms with Crippen molar-refractivity contribution in [2.75, 3.05) is 33.9 Å². The molecular weight excluding hydrogens is 254 g/mol. The van der Waals surface area contributed by atoms with Crippen molar-refractivity contribution in [3.05, 3.63) is 0 Å². The first-order valence-corrected chi connectivity index (χ1v) is 8.17. The Balaban J connectivity index is 3.79. The molecule has 0 aromatic carbocycles. The average Bonchev–Trinajstić information content (AvgIpc) is 2.40. The van der Waals surface area contributed by atoms with E-state index in [-0.39, 0.29) is 12.7 Å². The smallest absolute Gasteiger partial charge is 0.0928 e. The summed E-state index contributed by atoms with van der Waals surface area (Å²) < 4.78 is 5.57. The fraction of sp³-hybridized carbons (Fsp3) is 1.00. The Labute approximate surface area is 125 Å². The molecule has 0 fully saturated rings. The number of unbranched alkanes of at least 4 members (excludes halogenated alkanes) is 6. The van der Waals surface area contributed by atoms with Crippen LogP contribution in [0.1, 0.15) is 58.3 Å². The Morgan fingerprint density at radius 3 is 2.15 bits per heavy atom. The van der Waals surface area contributed by atoms with E-state index in [2.05, 4.69) is 6.92 Å². The van der Waals surface area contributed by atoms with Gasteiger partial charge in [-0.15, -0.1) is 0 Å². The quantitative estimate of drug-likeness (QED) is 0.482. The van der Waals surface area contributed by atoms with Gasteiger partial charge in [0.1, 0.15) is 0 Å². The topological polar surface area (TPSA) is 52.9 Å². The van der Waals surface area contributed by atoms with Crippen molar-refractivity contribution in [1.29, 1.82) is 0 Å². The molecule has 0 aromatic rings. The average molecular weight is 289 g/mol. The molecule has 0 radical (unpaired) electrons. The van der Waals surface area contributed by atoms with Crippen LogP contribution in [-0.2, 0) is 4.74 Å². The van der Waals surface area contributed by atoms with Crippen LogP contribution in [0.5, 0.6) is 0 Å². The maximum absolute atomic E-state index is 10.1. The number of rotatable bonds is 14. The van der Waals surface area contributed by atoms with E-state index < -0.39 is 6.10 Å². The van der Waals surface area contributed by atoms with Crippen LogP contribution in [0.3, 0.4) is 0 Å². The van der Waals surface area contributed by atoms with Gasteiger partial charge in [-0.2, -0.15) is 0 Å². The van der Waals surface area contributed by atoms with Gasteiger partial charge in [0, 0.05) is 6.54 Å². The fourth-order valence-corrected chi connectivity index (χ4v) is 2.39. The minimum atomic E-state index is -0.475. The van der Waals surface area contributed by atoms with E-state index in [4.69, 9.17) is 9.84 Å². The molecule has 122 valence electrons. The third kappa shape index (κ3) is 11.6. The van der Waals surface area contributed by atoms with Crippen LogP contribution >= 0.6 is 0 Å². The maximum Gasteiger partial charge on any atom is 0.0928 e. The second kappa shape index (κ2) is 13.8. The van der Waals surface area contributed by atoms with Gasteiger partial charge in [-0.1, -0.05) is 51.9 Å². The van der Waals surface area contributed by atoms with Gasteiger partial charge < -0.3 is 19.8 Å². The highest BCUT2D eigenvalue weighted by Gasteiger charge is 2.19. The molecule has 0 aliphatic heterocycles. The molecule has 20 heavy (non-hydrogen) atoms. The van der Waals surface area contributed by atoms with Crippen LogP contribution in [0.2, 0.25) is 0 Å². The summed E-state index contributed by atoms with van der Waals surface area (Å²) in [6.45, 7) is 3.16. The molecule has 0 spiro atoms. The second-order valence-electron chi connectivity index (χ2n) is 5.87. The predicted molar refractivity (Wildman–Crippen MR) is 84.0 cm³/mol. The van der Waals surface area contributed by atoms with E-state index in [1.807, 2.05) is 19.0 Å². The van der Waals surface area contributed by atoms with E-state index in [9.17, 15) is 5.11 Å². The molecule has 2 unspecified atom stereocenters. The molecule has 0 aliphatic rings. The first kappa shape index (κ1) is 19.8. The summed E-state index contributed by atoms with van der Waals surface area (Å²) in [4.78, 5) is 1.96. The van der Waals surface area contributed by atoms with E-state index in [1.54, 1.807) is 0 Å².